The van der Waals surface area contributed by atoms with Gasteiger partial charge in [-0.05, 0) is 36.8 Å². The molecule has 0 aromatic heterocycles. The smallest absolute Gasteiger partial charge is 0.261 e. The molecule has 3 rings (SSSR count). The molecular formula is C24H30N3O4+. The van der Waals surface area contributed by atoms with Crippen molar-refractivity contribution in [3.63, 3.8) is 0 Å². The van der Waals surface area contributed by atoms with E-state index in [2.05, 4.69) is 5.32 Å². The molecule has 0 unspecified atom stereocenters. The first-order valence-corrected chi connectivity index (χ1v) is 10.6. The molecule has 2 N–H and O–H groups in total. The number of nitrogens with zero attached hydrogens (tertiary/aromatic N) is 1. The van der Waals surface area contributed by atoms with E-state index in [0.29, 0.717) is 29.8 Å². The van der Waals surface area contributed by atoms with Crippen LogP contribution in [0.1, 0.15) is 62.4 Å². The van der Waals surface area contributed by atoms with Crippen molar-refractivity contribution in [2.45, 2.75) is 25.8 Å². The second-order valence-electron chi connectivity index (χ2n) is 7.99. The highest BCUT2D eigenvalue weighted by Crippen LogP contribution is 2.24. The van der Waals surface area contributed by atoms with Crippen LogP contribution in [0.4, 0.5) is 0 Å². The van der Waals surface area contributed by atoms with Crippen molar-refractivity contribution in [3.8, 4) is 5.75 Å². The van der Waals surface area contributed by atoms with Crippen molar-refractivity contribution in [3.05, 3.63) is 64.7 Å². The average Bonchev–Trinajstić information content (AvgIpc) is 3.01. The molecule has 1 atom stereocenters. The van der Waals surface area contributed by atoms with Gasteiger partial charge in [0.25, 0.3) is 17.7 Å². The van der Waals surface area contributed by atoms with E-state index in [1.165, 1.54) is 11.0 Å². The second-order valence-corrected chi connectivity index (χ2v) is 7.99. The lowest BCUT2D eigenvalue weighted by Crippen LogP contribution is -3.07. The molecule has 0 bridgehead atoms. The van der Waals surface area contributed by atoms with E-state index in [9.17, 15) is 14.4 Å². The number of quaternary nitrogens is 1. The summed E-state index contributed by atoms with van der Waals surface area (Å²) in [7, 11) is 5.68. The largest absolute Gasteiger partial charge is 0.497 e. The second kappa shape index (κ2) is 9.75. The quantitative estimate of drug-likeness (QED) is 0.601. The average molecular weight is 425 g/mol. The standard InChI is InChI=1S/C24H29N3O4/c1-5-6-12-27-23(29)19-11-10-17(14-20(19)24(27)30)22(28)25-15-21(26(2)3)16-8-7-9-18(13-16)31-4/h7-11,13-14,21H,5-6,12,15H2,1-4H3,(H,25,28)/p+1/t21-/m0/s1. The highest BCUT2D eigenvalue weighted by molar-refractivity contribution is 6.22. The summed E-state index contributed by atoms with van der Waals surface area (Å²) in [6, 6.07) is 12.5. The van der Waals surface area contributed by atoms with Gasteiger partial charge in [-0.25, -0.2) is 0 Å². The van der Waals surface area contributed by atoms with E-state index >= 15 is 0 Å². The Morgan fingerprint density at radius 2 is 1.84 bits per heavy atom. The lowest BCUT2D eigenvalue weighted by molar-refractivity contribution is -0.890. The van der Waals surface area contributed by atoms with Gasteiger partial charge in [0.05, 0.1) is 38.9 Å². The van der Waals surface area contributed by atoms with Crippen LogP contribution in [0.3, 0.4) is 0 Å². The number of likely N-dealkylation sites (N-methyl/N-ethyl adjacent to an activating group) is 1. The molecule has 1 aliphatic rings. The third-order valence-electron chi connectivity index (χ3n) is 5.63. The number of rotatable bonds is 9. The SMILES string of the molecule is CCCCN1C(=O)c2ccc(C(=O)NC[C@@H](c3cccc(OC)c3)[NH+](C)C)cc2C1=O. The van der Waals surface area contributed by atoms with Crippen LogP contribution in [-0.4, -0.2) is 56.9 Å². The normalized spacial score (nSPS) is 14.0. The van der Waals surface area contributed by atoms with Gasteiger partial charge in [0.2, 0.25) is 0 Å². The van der Waals surface area contributed by atoms with Crippen LogP contribution in [0.5, 0.6) is 5.75 Å². The Morgan fingerprint density at radius 1 is 1.10 bits per heavy atom. The summed E-state index contributed by atoms with van der Waals surface area (Å²) >= 11 is 0. The lowest BCUT2D eigenvalue weighted by Gasteiger charge is -2.22. The number of carbonyl (C=O) groups excluding carboxylic acids is 3. The minimum atomic E-state index is -0.324. The van der Waals surface area contributed by atoms with E-state index in [1.54, 1.807) is 19.2 Å². The van der Waals surface area contributed by atoms with Crippen LogP contribution in [0.15, 0.2) is 42.5 Å². The number of hydrogen-bond acceptors (Lipinski definition) is 4. The molecule has 0 aliphatic carbocycles. The van der Waals surface area contributed by atoms with Gasteiger partial charge >= 0.3 is 0 Å². The topological polar surface area (TPSA) is 80.2 Å². The van der Waals surface area contributed by atoms with E-state index in [0.717, 1.165) is 29.1 Å². The van der Waals surface area contributed by atoms with E-state index in [-0.39, 0.29) is 23.8 Å². The third kappa shape index (κ3) is 4.77. The fraction of sp³-hybridized carbons (Fsp3) is 0.375. The monoisotopic (exact) mass is 424 g/mol. The number of benzene rings is 2. The Hall–Kier alpha value is -3.19. The molecule has 31 heavy (non-hydrogen) atoms. The van der Waals surface area contributed by atoms with E-state index in [4.69, 9.17) is 4.74 Å². The Balaban J connectivity index is 1.73. The zero-order valence-corrected chi connectivity index (χ0v) is 18.5. The minimum absolute atomic E-state index is 0.0289. The molecule has 2 aromatic carbocycles. The summed E-state index contributed by atoms with van der Waals surface area (Å²) in [4.78, 5) is 40.4. The highest BCUT2D eigenvalue weighted by atomic mass is 16.5. The van der Waals surface area contributed by atoms with Crippen molar-refractivity contribution in [1.29, 1.82) is 0 Å². The molecule has 1 aliphatic heterocycles. The predicted octanol–water partition coefficient (Wildman–Crippen LogP) is 1.71. The van der Waals surface area contributed by atoms with E-state index in [1.807, 2.05) is 45.3 Å². The molecule has 3 amide bonds. The van der Waals surface area contributed by atoms with Gasteiger partial charge < -0.3 is 15.0 Å². The Kier molecular flexibility index (Phi) is 7.07. The van der Waals surface area contributed by atoms with Gasteiger partial charge in [-0.3, -0.25) is 19.3 Å². The van der Waals surface area contributed by atoms with Crippen LogP contribution < -0.4 is 15.0 Å². The summed E-state index contributed by atoms with van der Waals surface area (Å²) in [6.07, 6.45) is 1.65. The van der Waals surface area contributed by atoms with Gasteiger partial charge in [-0.2, -0.15) is 0 Å². The van der Waals surface area contributed by atoms with Crippen molar-refractivity contribution >= 4 is 17.7 Å². The Labute approximate surface area is 183 Å². The molecule has 0 radical (unpaired) electrons. The number of imide groups is 1. The highest BCUT2D eigenvalue weighted by Gasteiger charge is 2.35. The van der Waals surface area contributed by atoms with Gasteiger partial charge in [-0.1, -0.05) is 25.5 Å². The van der Waals surface area contributed by atoms with Crippen molar-refractivity contribution < 1.29 is 24.0 Å². The van der Waals surface area contributed by atoms with Crippen LogP contribution in [0.25, 0.3) is 0 Å². The lowest BCUT2D eigenvalue weighted by atomic mass is 10.0. The van der Waals surface area contributed by atoms with Crippen molar-refractivity contribution in [1.82, 2.24) is 10.2 Å². The molecule has 0 saturated heterocycles. The molecule has 7 heteroatoms. The third-order valence-corrected chi connectivity index (χ3v) is 5.63. The van der Waals surface area contributed by atoms with Gasteiger partial charge in [0, 0.05) is 17.7 Å². The number of carbonyl (C=O) groups is 3. The summed E-state index contributed by atoms with van der Waals surface area (Å²) in [5.41, 5.74) is 2.09. The molecule has 0 saturated carbocycles. The number of nitrogens with one attached hydrogen (secondary N) is 2. The molecule has 1 heterocycles. The van der Waals surface area contributed by atoms with Gasteiger partial charge in [0.1, 0.15) is 11.8 Å². The van der Waals surface area contributed by atoms with Crippen molar-refractivity contribution in [2.75, 3.05) is 34.3 Å². The first-order chi connectivity index (χ1) is 14.9. The van der Waals surface area contributed by atoms with Crippen LogP contribution in [0, 0.1) is 0 Å². The van der Waals surface area contributed by atoms with Crippen LogP contribution in [-0.2, 0) is 0 Å². The summed E-state index contributed by atoms with van der Waals surface area (Å²) < 4.78 is 5.31. The number of ether oxygens (including phenoxy) is 1. The fourth-order valence-electron chi connectivity index (χ4n) is 3.76. The maximum atomic E-state index is 12.8. The molecule has 0 spiro atoms. The maximum Gasteiger partial charge on any atom is 0.261 e. The number of amides is 3. The first-order valence-electron chi connectivity index (χ1n) is 10.6. The van der Waals surface area contributed by atoms with Gasteiger partial charge in [-0.15, -0.1) is 0 Å². The zero-order chi connectivity index (χ0) is 22.5. The van der Waals surface area contributed by atoms with E-state index < -0.39 is 0 Å². The number of fused-ring (bicyclic) bond motifs is 1. The van der Waals surface area contributed by atoms with Crippen molar-refractivity contribution in [2.24, 2.45) is 0 Å². The van der Waals surface area contributed by atoms with Gasteiger partial charge in [0.15, 0.2) is 0 Å². The molecule has 164 valence electrons. The first kappa shape index (κ1) is 22.5. The summed E-state index contributed by atoms with van der Waals surface area (Å²) in [5, 5.41) is 2.97. The number of unbranched alkanes of at least 4 members (excludes halogenated alkanes) is 1. The number of hydrogen-bond donors (Lipinski definition) is 2. The van der Waals surface area contributed by atoms with Crippen LogP contribution in [0.2, 0.25) is 0 Å². The molecule has 2 aromatic rings. The molecule has 0 fully saturated rings. The fourth-order valence-corrected chi connectivity index (χ4v) is 3.76. The molecule has 7 nitrogen and oxygen atoms in total. The molecular weight excluding hydrogens is 394 g/mol. The number of methoxy groups -OCH3 is 1. The van der Waals surface area contributed by atoms with Crippen LogP contribution >= 0.6 is 0 Å². The Morgan fingerprint density at radius 3 is 2.52 bits per heavy atom. The minimum Gasteiger partial charge on any atom is -0.497 e. The maximum absolute atomic E-state index is 12.8. The predicted molar refractivity (Wildman–Crippen MR) is 118 cm³/mol. The summed E-state index contributed by atoms with van der Waals surface area (Å²) in [6.45, 7) is 2.83. The summed E-state index contributed by atoms with van der Waals surface area (Å²) in [5.74, 6) is -0.112. The zero-order valence-electron chi connectivity index (χ0n) is 18.5. The Bertz CT molecular complexity index is 987.